The highest BCUT2D eigenvalue weighted by molar-refractivity contribution is 6.00. The minimum Gasteiger partial charge on any atom is -0.493 e. The van der Waals surface area contributed by atoms with Gasteiger partial charge in [-0.3, -0.25) is 14.9 Å². The van der Waals surface area contributed by atoms with Crippen molar-refractivity contribution >= 4 is 11.6 Å². The molecule has 1 saturated carbocycles. The van der Waals surface area contributed by atoms with Gasteiger partial charge in [0.15, 0.2) is 5.75 Å². The van der Waals surface area contributed by atoms with Gasteiger partial charge < -0.3 is 19.1 Å². The zero-order chi connectivity index (χ0) is 17.1. The molecule has 1 aliphatic carbocycles. The van der Waals surface area contributed by atoms with Gasteiger partial charge in [-0.25, -0.2) is 0 Å². The van der Waals surface area contributed by atoms with E-state index in [4.69, 9.17) is 14.2 Å². The highest BCUT2D eigenvalue weighted by Gasteiger charge is 2.34. The van der Waals surface area contributed by atoms with Crippen molar-refractivity contribution in [1.29, 1.82) is 0 Å². The maximum atomic E-state index is 12.6. The molecule has 1 aromatic rings. The molecule has 0 aliphatic heterocycles. The molecule has 1 aliphatic rings. The fraction of sp³-hybridized carbons (Fsp3) is 0.533. The van der Waals surface area contributed by atoms with E-state index >= 15 is 0 Å². The van der Waals surface area contributed by atoms with Crippen molar-refractivity contribution in [2.75, 3.05) is 34.9 Å². The van der Waals surface area contributed by atoms with Crippen molar-refractivity contribution in [3.8, 4) is 17.2 Å². The molecule has 0 saturated heterocycles. The first-order valence-corrected chi connectivity index (χ1v) is 7.17. The first-order chi connectivity index (χ1) is 10.9. The van der Waals surface area contributed by atoms with Gasteiger partial charge in [0.25, 0.3) is 5.91 Å². The molecule has 0 heterocycles. The zero-order valence-corrected chi connectivity index (χ0v) is 13.6. The number of ether oxygens (including phenoxy) is 3. The quantitative estimate of drug-likeness (QED) is 0.563. The molecule has 0 N–H and O–H groups in total. The predicted octanol–water partition coefficient (Wildman–Crippen LogP) is 2.10. The minimum atomic E-state index is -0.640. The van der Waals surface area contributed by atoms with Crippen molar-refractivity contribution < 1.29 is 23.9 Å². The summed E-state index contributed by atoms with van der Waals surface area (Å²) in [5, 5.41) is 11.5. The van der Waals surface area contributed by atoms with Gasteiger partial charge in [-0.1, -0.05) is 0 Å². The molecule has 0 atom stereocenters. The number of nitro groups is 1. The lowest BCUT2D eigenvalue weighted by atomic mass is 10.1. The number of amides is 1. The van der Waals surface area contributed by atoms with Crippen LogP contribution >= 0.6 is 0 Å². The van der Waals surface area contributed by atoms with Crippen LogP contribution in [0.15, 0.2) is 6.07 Å². The van der Waals surface area contributed by atoms with Gasteiger partial charge >= 0.3 is 5.69 Å². The van der Waals surface area contributed by atoms with Crippen molar-refractivity contribution in [1.82, 2.24) is 4.90 Å². The Morgan fingerprint density at radius 2 is 1.87 bits per heavy atom. The number of carbonyl (C=O) groups is 1. The lowest BCUT2D eigenvalue weighted by Gasteiger charge is -2.19. The number of methoxy groups -OCH3 is 3. The average molecular weight is 324 g/mol. The number of nitro benzene ring substituents is 1. The van der Waals surface area contributed by atoms with E-state index in [0.717, 1.165) is 12.8 Å². The zero-order valence-electron chi connectivity index (χ0n) is 13.6. The van der Waals surface area contributed by atoms with E-state index in [9.17, 15) is 14.9 Å². The number of benzene rings is 1. The first-order valence-electron chi connectivity index (χ1n) is 7.17. The first kappa shape index (κ1) is 16.9. The van der Waals surface area contributed by atoms with Gasteiger partial charge in [0.1, 0.15) is 5.56 Å². The normalized spacial score (nSPS) is 13.4. The lowest BCUT2D eigenvalue weighted by Crippen LogP contribution is -2.29. The molecule has 1 fully saturated rings. The van der Waals surface area contributed by atoms with E-state index in [0.29, 0.717) is 12.5 Å². The van der Waals surface area contributed by atoms with E-state index in [1.807, 2.05) is 0 Å². The van der Waals surface area contributed by atoms with Crippen molar-refractivity contribution in [2.45, 2.75) is 12.8 Å². The van der Waals surface area contributed by atoms with Crippen LogP contribution < -0.4 is 14.2 Å². The van der Waals surface area contributed by atoms with E-state index in [1.54, 1.807) is 7.05 Å². The molecule has 0 spiro atoms. The maximum absolute atomic E-state index is 12.6. The SMILES string of the molecule is COc1cc(C(=O)N(C)CC2CC2)c([N+](=O)[O-])c(OC)c1OC. The van der Waals surface area contributed by atoms with Crippen LogP contribution in [0.2, 0.25) is 0 Å². The summed E-state index contributed by atoms with van der Waals surface area (Å²) < 4.78 is 15.4. The number of nitrogens with zero attached hydrogens (tertiary/aromatic N) is 2. The smallest absolute Gasteiger partial charge is 0.327 e. The van der Waals surface area contributed by atoms with E-state index in [-0.39, 0.29) is 22.8 Å². The van der Waals surface area contributed by atoms with Crippen LogP contribution in [0.5, 0.6) is 17.2 Å². The molecule has 23 heavy (non-hydrogen) atoms. The predicted molar refractivity (Wildman–Crippen MR) is 82.4 cm³/mol. The van der Waals surface area contributed by atoms with Crippen LogP contribution in [-0.2, 0) is 0 Å². The summed E-state index contributed by atoms with van der Waals surface area (Å²) in [4.78, 5) is 25.0. The Morgan fingerprint density at radius 3 is 2.30 bits per heavy atom. The molecule has 2 rings (SSSR count). The second-order valence-electron chi connectivity index (χ2n) is 5.43. The largest absolute Gasteiger partial charge is 0.493 e. The highest BCUT2D eigenvalue weighted by atomic mass is 16.6. The Balaban J connectivity index is 2.55. The van der Waals surface area contributed by atoms with Gasteiger partial charge in [0.2, 0.25) is 11.5 Å². The van der Waals surface area contributed by atoms with E-state index in [1.165, 1.54) is 32.3 Å². The molecule has 0 radical (unpaired) electrons. The standard InChI is InChI=1S/C15H20N2O6/c1-16(8-9-5-6-9)15(18)10-7-11(21-2)13(22-3)14(23-4)12(10)17(19)20/h7,9H,5-6,8H2,1-4H3. The third-order valence-electron chi connectivity index (χ3n) is 3.79. The molecule has 8 heteroatoms. The third-order valence-corrected chi connectivity index (χ3v) is 3.79. The van der Waals surface area contributed by atoms with Gasteiger partial charge in [0.05, 0.1) is 26.3 Å². The summed E-state index contributed by atoms with van der Waals surface area (Å²) in [6.45, 7) is 0.576. The monoisotopic (exact) mass is 324 g/mol. The van der Waals surface area contributed by atoms with Crippen molar-refractivity contribution in [3.63, 3.8) is 0 Å². The fourth-order valence-corrected chi connectivity index (χ4v) is 2.46. The Hall–Kier alpha value is -2.51. The molecular weight excluding hydrogens is 304 g/mol. The summed E-state index contributed by atoms with van der Waals surface area (Å²) in [6, 6.07) is 1.32. The lowest BCUT2D eigenvalue weighted by molar-refractivity contribution is -0.386. The van der Waals surface area contributed by atoms with Gasteiger partial charge in [-0.2, -0.15) is 0 Å². The molecule has 126 valence electrons. The van der Waals surface area contributed by atoms with E-state index in [2.05, 4.69) is 0 Å². The molecule has 1 aromatic carbocycles. The van der Waals surface area contributed by atoms with E-state index < -0.39 is 16.5 Å². The molecule has 0 aromatic heterocycles. The Kier molecular flexibility index (Phi) is 4.92. The van der Waals surface area contributed by atoms with Crippen LogP contribution in [0, 0.1) is 16.0 Å². The van der Waals surface area contributed by atoms with Crippen molar-refractivity contribution in [2.24, 2.45) is 5.92 Å². The minimum absolute atomic E-state index is 0.0762. The van der Waals surface area contributed by atoms with Crippen LogP contribution in [0.4, 0.5) is 5.69 Å². The fourth-order valence-electron chi connectivity index (χ4n) is 2.46. The summed E-state index contributed by atoms with van der Waals surface area (Å²) in [5.74, 6) is 0.203. The molecule has 1 amide bonds. The average Bonchev–Trinajstić information content (AvgIpc) is 3.35. The maximum Gasteiger partial charge on any atom is 0.327 e. The van der Waals surface area contributed by atoms with Gasteiger partial charge in [-0.05, 0) is 18.8 Å². The second-order valence-corrected chi connectivity index (χ2v) is 5.43. The summed E-state index contributed by atoms with van der Waals surface area (Å²) in [6.07, 6.45) is 2.16. The van der Waals surface area contributed by atoms with Crippen LogP contribution in [0.25, 0.3) is 0 Å². The van der Waals surface area contributed by atoms with Gasteiger partial charge in [0, 0.05) is 19.7 Å². The number of hydrogen-bond donors (Lipinski definition) is 0. The Bertz CT molecular complexity index is 627. The molecule has 8 nitrogen and oxygen atoms in total. The topological polar surface area (TPSA) is 91.1 Å². The molecule has 0 unspecified atom stereocenters. The van der Waals surface area contributed by atoms with Crippen molar-refractivity contribution in [3.05, 3.63) is 21.7 Å². The van der Waals surface area contributed by atoms with Crippen LogP contribution in [-0.4, -0.2) is 50.7 Å². The second kappa shape index (κ2) is 6.72. The highest BCUT2D eigenvalue weighted by Crippen LogP contribution is 2.46. The van der Waals surface area contributed by atoms with Crippen LogP contribution in [0.1, 0.15) is 23.2 Å². The summed E-state index contributed by atoms with van der Waals surface area (Å²) in [5.41, 5.74) is -0.495. The number of carbonyl (C=O) groups excluding carboxylic acids is 1. The summed E-state index contributed by atoms with van der Waals surface area (Å²) in [7, 11) is 5.66. The molecule has 0 bridgehead atoms. The third kappa shape index (κ3) is 3.30. The van der Waals surface area contributed by atoms with Gasteiger partial charge in [-0.15, -0.1) is 0 Å². The Labute approximate surface area is 134 Å². The summed E-state index contributed by atoms with van der Waals surface area (Å²) >= 11 is 0. The Morgan fingerprint density at radius 1 is 1.26 bits per heavy atom. The number of hydrogen-bond acceptors (Lipinski definition) is 6. The number of rotatable bonds is 7. The molecular formula is C15H20N2O6. The van der Waals surface area contributed by atoms with Crippen LogP contribution in [0.3, 0.4) is 0 Å².